The van der Waals surface area contributed by atoms with Crippen LogP contribution in [0.4, 0.5) is 17.1 Å². The van der Waals surface area contributed by atoms with Gasteiger partial charge >= 0.3 is 0 Å². The zero-order valence-corrected chi connectivity index (χ0v) is 24.1. The second kappa shape index (κ2) is 13.3. The van der Waals surface area contributed by atoms with E-state index >= 15 is 0 Å². The molecule has 4 aromatic rings. The molecule has 11 heteroatoms. The Bertz CT molecular complexity index is 1640. The molecule has 0 saturated heterocycles. The Labute approximate surface area is 254 Å². The van der Waals surface area contributed by atoms with Gasteiger partial charge in [-0.25, -0.2) is 0 Å². The van der Waals surface area contributed by atoms with Crippen LogP contribution in [0.5, 0.6) is 5.75 Å². The van der Waals surface area contributed by atoms with E-state index in [1.165, 1.54) is 36.4 Å². The van der Waals surface area contributed by atoms with E-state index in [1.807, 2.05) is 24.3 Å². The highest BCUT2D eigenvalue weighted by molar-refractivity contribution is 7.00. The third kappa shape index (κ3) is 6.36. The van der Waals surface area contributed by atoms with Gasteiger partial charge in [-0.3, -0.25) is 30.3 Å². The minimum Gasteiger partial charge on any atom is -0.496 e. The number of allylic oxidation sites excluding steroid dienone is 1. The standard InChI is InChI=1S/C33H30BN3O7/c1-44-31-10-6-5-9-30(31)32(23-7-3-2-4-8-23)33(24-11-17-27(18-12-24)35(38)39)34(25-13-19-28(20-14-25)36(40)41)26-15-21-29(22-16-26)37(42)43/h5-6,9-23H,2-4,7-8H2,1H3/b33-32-. The van der Waals surface area contributed by atoms with E-state index in [0.29, 0.717) is 5.75 Å². The summed E-state index contributed by atoms with van der Waals surface area (Å²) < 4.78 is 5.86. The van der Waals surface area contributed by atoms with E-state index in [1.54, 1.807) is 43.5 Å². The zero-order chi connectivity index (χ0) is 31.2. The summed E-state index contributed by atoms with van der Waals surface area (Å²) in [5.74, 6) is 0.808. The fourth-order valence-corrected chi connectivity index (χ4v) is 6.19. The van der Waals surface area contributed by atoms with Crippen molar-refractivity contribution in [2.45, 2.75) is 32.1 Å². The van der Waals surface area contributed by atoms with Gasteiger partial charge in [-0.05, 0) is 48.1 Å². The maximum Gasteiger partial charge on any atom is 0.269 e. The van der Waals surface area contributed by atoms with Crippen LogP contribution in [0.2, 0.25) is 0 Å². The molecule has 0 atom stereocenters. The van der Waals surface area contributed by atoms with Crippen LogP contribution < -0.4 is 15.7 Å². The largest absolute Gasteiger partial charge is 0.496 e. The summed E-state index contributed by atoms with van der Waals surface area (Å²) in [6, 6.07) is 26.8. The summed E-state index contributed by atoms with van der Waals surface area (Å²) in [6.45, 7) is -0.528. The molecule has 0 aromatic heterocycles. The van der Waals surface area contributed by atoms with E-state index < -0.39 is 21.5 Å². The van der Waals surface area contributed by atoms with Gasteiger partial charge in [-0.15, -0.1) is 0 Å². The summed E-state index contributed by atoms with van der Waals surface area (Å²) in [6.07, 6.45) is 5.05. The van der Waals surface area contributed by atoms with Crippen molar-refractivity contribution in [2.24, 2.45) is 5.92 Å². The smallest absolute Gasteiger partial charge is 0.269 e. The molecule has 0 bridgehead atoms. The average Bonchev–Trinajstić information content (AvgIpc) is 3.05. The predicted octanol–water partition coefficient (Wildman–Crippen LogP) is 6.76. The highest BCUT2D eigenvalue weighted by Crippen LogP contribution is 2.44. The number of nitro groups is 3. The Balaban J connectivity index is 1.89. The molecule has 44 heavy (non-hydrogen) atoms. The molecule has 0 heterocycles. The third-order valence-electron chi connectivity index (χ3n) is 8.25. The second-order valence-electron chi connectivity index (χ2n) is 10.8. The van der Waals surface area contributed by atoms with Crippen molar-refractivity contribution >= 4 is 45.7 Å². The second-order valence-corrected chi connectivity index (χ2v) is 10.8. The van der Waals surface area contributed by atoms with Gasteiger partial charge in [0.05, 0.1) is 21.9 Å². The van der Waals surface area contributed by atoms with E-state index in [-0.39, 0.29) is 23.0 Å². The molecule has 1 aliphatic rings. The molecule has 222 valence electrons. The highest BCUT2D eigenvalue weighted by atomic mass is 16.6. The summed E-state index contributed by atoms with van der Waals surface area (Å²) in [5, 5.41) is 34.6. The van der Waals surface area contributed by atoms with Crippen molar-refractivity contribution in [1.29, 1.82) is 0 Å². The quantitative estimate of drug-likeness (QED) is 0.0859. The van der Waals surface area contributed by atoms with Crippen LogP contribution in [-0.4, -0.2) is 28.6 Å². The molecule has 0 aliphatic heterocycles. The SMILES string of the molecule is COc1ccccc1/C(=C(\B(c1ccc([N+](=O)[O-])cc1)c1ccc([N+](=O)[O-])cc1)c1ccc([N+](=O)[O-])cc1)C1CCCCC1. The number of hydrogen-bond donors (Lipinski definition) is 0. The van der Waals surface area contributed by atoms with Crippen molar-refractivity contribution in [3.63, 3.8) is 0 Å². The van der Waals surface area contributed by atoms with Crippen LogP contribution in [0, 0.1) is 36.3 Å². The molecule has 1 fully saturated rings. The van der Waals surface area contributed by atoms with E-state index in [9.17, 15) is 30.3 Å². The number of hydrogen-bond acceptors (Lipinski definition) is 7. The molecule has 1 aliphatic carbocycles. The van der Waals surface area contributed by atoms with Gasteiger partial charge in [0.25, 0.3) is 17.1 Å². The van der Waals surface area contributed by atoms with Gasteiger partial charge in [-0.1, -0.05) is 78.1 Å². The lowest BCUT2D eigenvalue weighted by atomic mass is 9.34. The van der Waals surface area contributed by atoms with Gasteiger partial charge in [0, 0.05) is 42.0 Å². The maximum absolute atomic E-state index is 11.6. The lowest BCUT2D eigenvalue weighted by Gasteiger charge is -2.31. The lowest BCUT2D eigenvalue weighted by Crippen LogP contribution is -2.44. The van der Waals surface area contributed by atoms with E-state index in [2.05, 4.69) is 0 Å². The summed E-state index contributed by atoms with van der Waals surface area (Å²) in [7, 11) is 1.62. The monoisotopic (exact) mass is 591 g/mol. The number of non-ortho nitro benzene ring substituents is 3. The average molecular weight is 591 g/mol. The van der Waals surface area contributed by atoms with Crippen molar-refractivity contribution < 1.29 is 19.5 Å². The minimum atomic E-state index is -0.528. The predicted molar refractivity (Wildman–Crippen MR) is 171 cm³/mol. The van der Waals surface area contributed by atoms with Crippen LogP contribution >= 0.6 is 0 Å². The summed E-state index contributed by atoms with van der Waals surface area (Å²) in [5.41, 5.74) is 4.82. The fraction of sp³-hybridized carbons (Fsp3) is 0.212. The van der Waals surface area contributed by atoms with Gasteiger partial charge in [0.1, 0.15) is 5.75 Å². The first-order valence-electron chi connectivity index (χ1n) is 14.4. The van der Waals surface area contributed by atoms with Gasteiger partial charge in [0.15, 0.2) is 0 Å². The Morgan fingerprint density at radius 1 is 0.659 bits per heavy atom. The summed E-state index contributed by atoms with van der Waals surface area (Å²) in [4.78, 5) is 33.3. The minimum absolute atomic E-state index is 0.0492. The van der Waals surface area contributed by atoms with Crippen LogP contribution in [0.25, 0.3) is 11.0 Å². The van der Waals surface area contributed by atoms with Crippen LogP contribution in [0.3, 0.4) is 0 Å². The molecule has 4 aromatic carbocycles. The van der Waals surface area contributed by atoms with E-state index in [0.717, 1.165) is 65.2 Å². The molecular weight excluding hydrogens is 561 g/mol. The summed E-state index contributed by atoms with van der Waals surface area (Å²) >= 11 is 0. The molecule has 10 nitrogen and oxygen atoms in total. The van der Waals surface area contributed by atoms with Gasteiger partial charge < -0.3 is 4.74 Å². The van der Waals surface area contributed by atoms with E-state index in [4.69, 9.17) is 4.74 Å². The number of benzene rings is 4. The van der Waals surface area contributed by atoms with Crippen LogP contribution in [0.1, 0.15) is 43.2 Å². The van der Waals surface area contributed by atoms with Crippen molar-refractivity contribution in [3.05, 3.63) is 139 Å². The number of rotatable bonds is 10. The topological polar surface area (TPSA) is 139 Å². The number of nitro benzene ring substituents is 3. The maximum atomic E-state index is 11.6. The fourth-order valence-electron chi connectivity index (χ4n) is 6.19. The molecule has 5 rings (SSSR count). The first kappa shape index (κ1) is 30.2. The molecule has 0 amide bonds. The number of ether oxygens (including phenoxy) is 1. The first-order chi connectivity index (χ1) is 21.3. The molecule has 1 saturated carbocycles. The van der Waals surface area contributed by atoms with Crippen molar-refractivity contribution in [1.82, 2.24) is 0 Å². The Morgan fingerprint density at radius 2 is 1.11 bits per heavy atom. The Morgan fingerprint density at radius 3 is 1.57 bits per heavy atom. The highest BCUT2D eigenvalue weighted by Gasteiger charge is 2.33. The third-order valence-corrected chi connectivity index (χ3v) is 8.25. The molecule has 0 unspecified atom stereocenters. The molecule has 0 spiro atoms. The van der Waals surface area contributed by atoms with Crippen molar-refractivity contribution in [2.75, 3.05) is 7.11 Å². The molecule has 0 radical (unpaired) electrons. The first-order valence-corrected chi connectivity index (χ1v) is 14.4. The normalized spacial score (nSPS) is 13.9. The number of para-hydroxylation sites is 1. The number of nitrogens with zero attached hydrogens (tertiary/aromatic N) is 3. The Hall–Kier alpha value is -5.32. The Kier molecular flexibility index (Phi) is 9.13. The zero-order valence-electron chi connectivity index (χ0n) is 24.1. The molecular formula is C33H30BN3O7. The van der Waals surface area contributed by atoms with Crippen molar-refractivity contribution in [3.8, 4) is 5.75 Å². The lowest BCUT2D eigenvalue weighted by molar-refractivity contribution is -0.385. The van der Waals surface area contributed by atoms with Gasteiger partial charge in [-0.2, -0.15) is 0 Å². The number of methoxy groups -OCH3 is 1. The van der Waals surface area contributed by atoms with Crippen LogP contribution in [0.15, 0.2) is 97.1 Å². The molecule has 0 N–H and O–H groups in total. The van der Waals surface area contributed by atoms with Crippen LogP contribution in [-0.2, 0) is 0 Å². The van der Waals surface area contributed by atoms with Gasteiger partial charge in [0.2, 0.25) is 6.71 Å².